The van der Waals surface area contributed by atoms with Gasteiger partial charge in [0, 0.05) is 98.9 Å². The molecule has 0 aliphatic carbocycles. The highest BCUT2D eigenvalue weighted by Crippen LogP contribution is 2.45. The summed E-state index contributed by atoms with van der Waals surface area (Å²) < 4.78 is 37.5. The predicted octanol–water partition coefficient (Wildman–Crippen LogP) is 11.5. The van der Waals surface area contributed by atoms with E-state index in [1.165, 1.54) is 18.2 Å². The van der Waals surface area contributed by atoms with E-state index in [0.717, 1.165) is 43.8 Å². The van der Waals surface area contributed by atoms with Gasteiger partial charge in [-0.15, -0.1) is 0 Å². The van der Waals surface area contributed by atoms with Crippen molar-refractivity contribution >= 4 is 43.6 Å². The molecule has 0 N–H and O–H groups in total. The van der Waals surface area contributed by atoms with E-state index in [1.54, 1.807) is 86.0 Å². The zero-order valence-electron chi connectivity index (χ0n) is 34.4. The Balaban J connectivity index is 1.22. The van der Waals surface area contributed by atoms with E-state index in [2.05, 4.69) is 45.9 Å². The first-order valence-electron chi connectivity index (χ1n) is 20.8. The van der Waals surface area contributed by atoms with Gasteiger partial charge in [-0.2, -0.15) is 5.26 Å². The third kappa shape index (κ3) is 6.23. The maximum Gasteiger partial charge on any atom is 0.159 e. The number of fused-ring (bicyclic) bond motifs is 6. The van der Waals surface area contributed by atoms with Crippen LogP contribution in [0.25, 0.3) is 112 Å². The van der Waals surface area contributed by atoms with Crippen molar-refractivity contribution in [2.75, 3.05) is 0 Å². The van der Waals surface area contributed by atoms with Crippen molar-refractivity contribution in [3.63, 3.8) is 0 Å². The zero-order chi connectivity index (χ0) is 44.3. The Hall–Kier alpha value is -9.41. The Morgan fingerprint density at radius 2 is 0.667 bits per heavy atom. The van der Waals surface area contributed by atoms with Crippen molar-refractivity contribution in [1.82, 2.24) is 49.0 Å². The lowest BCUT2D eigenvalue weighted by molar-refractivity contribution is 0.589. The monoisotopic (exact) mass is 857 g/mol. The molecule has 13 heteroatoms. The molecule has 6 aromatic carbocycles. The van der Waals surface area contributed by atoms with Gasteiger partial charge < -0.3 is 9.13 Å². The zero-order valence-corrected chi connectivity index (χ0v) is 34.4. The summed E-state index contributed by atoms with van der Waals surface area (Å²) in [4.78, 5) is 36.2. The maximum atomic E-state index is 16.8. The van der Waals surface area contributed by atoms with Crippen LogP contribution in [0.5, 0.6) is 0 Å². The average Bonchev–Trinajstić information content (AvgIpc) is 3.88. The molecule has 0 fully saturated rings. The van der Waals surface area contributed by atoms with Gasteiger partial charge in [0.25, 0.3) is 0 Å². The average molecular weight is 858 g/mol. The molecule has 0 aliphatic rings. The molecule has 0 unspecified atom stereocenters. The highest BCUT2D eigenvalue weighted by Gasteiger charge is 2.27. The molecule has 0 atom stereocenters. The van der Waals surface area contributed by atoms with Crippen molar-refractivity contribution < 1.29 is 8.78 Å². The lowest BCUT2D eigenvalue weighted by Crippen LogP contribution is -2.07. The highest BCUT2D eigenvalue weighted by molar-refractivity contribution is 6.14. The molecule has 6 heterocycles. The van der Waals surface area contributed by atoms with Gasteiger partial charge in [-0.25, -0.2) is 48.7 Å². The second-order valence-electron chi connectivity index (χ2n) is 15.5. The topological polar surface area (TPSA) is 137 Å². The fourth-order valence-electron chi connectivity index (χ4n) is 8.94. The van der Waals surface area contributed by atoms with E-state index >= 15 is 8.78 Å². The summed E-state index contributed by atoms with van der Waals surface area (Å²) in [6, 6.07) is 40.1. The number of aromatic nitrogens is 10. The molecule has 0 radical (unpaired) electrons. The van der Waals surface area contributed by atoms with Gasteiger partial charge in [0.2, 0.25) is 0 Å². The van der Waals surface area contributed by atoms with Crippen LogP contribution in [0.3, 0.4) is 0 Å². The molecule has 6 aromatic heterocycles. The summed E-state index contributed by atoms with van der Waals surface area (Å²) in [5, 5.41) is 14.1. The van der Waals surface area contributed by atoms with Gasteiger partial charge in [0.1, 0.15) is 11.6 Å². The quantitative estimate of drug-likeness (QED) is 0.153. The summed E-state index contributed by atoms with van der Waals surface area (Å²) in [6.07, 6.45) is 13.5. The number of rotatable bonds is 7. The number of halogens is 2. The van der Waals surface area contributed by atoms with Gasteiger partial charge in [-0.1, -0.05) is 6.07 Å². The summed E-state index contributed by atoms with van der Waals surface area (Å²) in [6.45, 7) is 0. The minimum atomic E-state index is -0.775. The third-order valence-corrected chi connectivity index (χ3v) is 11.7. The molecular weight excluding hydrogens is 829 g/mol. The Morgan fingerprint density at radius 3 is 0.955 bits per heavy atom. The van der Waals surface area contributed by atoms with Crippen molar-refractivity contribution in [2.45, 2.75) is 0 Å². The van der Waals surface area contributed by atoms with E-state index in [0.29, 0.717) is 56.7 Å². The minimum absolute atomic E-state index is 0.221. The smallest absolute Gasteiger partial charge is 0.159 e. The van der Waals surface area contributed by atoms with Crippen molar-refractivity contribution in [3.8, 4) is 74.1 Å². The van der Waals surface area contributed by atoms with Gasteiger partial charge in [-0.05, 0) is 121 Å². The minimum Gasteiger partial charge on any atom is -0.308 e. The normalized spacial score (nSPS) is 11.5. The number of nitrogens with zero attached hydrogens (tertiary/aromatic N) is 11. The third-order valence-electron chi connectivity index (χ3n) is 11.7. The standard InChI is InChI=1S/C53H29F2N11/c54-40-6-1-7-41(55)48(40)49-46(65-42-12-8-32(50-57-16-2-17-58-50)26-36(42)37-27-33(9-13-43(37)65)51-59-18-3-19-60-51)24-31(30-56)25-47(49)66-44-14-10-34(52-61-20-4-21-62-52)28-38(44)39-29-35(11-15-45(39)66)53-63-22-5-23-64-53/h1-29H. The predicted molar refractivity (Wildman–Crippen MR) is 249 cm³/mol. The summed E-state index contributed by atoms with van der Waals surface area (Å²) in [7, 11) is 0. The van der Waals surface area contributed by atoms with Crippen molar-refractivity contribution in [1.29, 1.82) is 5.26 Å². The number of benzene rings is 6. The van der Waals surface area contributed by atoms with Crippen LogP contribution in [0, 0.1) is 23.0 Å². The van der Waals surface area contributed by atoms with Crippen molar-refractivity contribution in [3.05, 3.63) is 194 Å². The molecular formula is C53H29F2N11. The van der Waals surface area contributed by atoms with Crippen molar-refractivity contribution in [2.24, 2.45) is 0 Å². The molecule has 11 nitrogen and oxygen atoms in total. The number of hydrogen-bond donors (Lipinski definition) is 0. The largest absolute Gasteiger partial charge is 0.308 e. The molecule has 0 aliphatic heterocycles. The molecule has 0 saturated carbocycles. The summed E-state index contributed by atoms with van der Waals surface area (Å²) >= 11 is 0. The fraction of sp³-hybridized carbons (Fsp3) is 0. The molecule has 0 bridgehead atoms. The first-order valence-corrected chi connectivity index (χ1v) is 20.8. The lowest BCUT2D eigenvalue weighted by Gasteiger charge is -2.21. The van der Waals surface area contributed by atoms with Gasteiger partial charge >= 0.3 is 0 Å². The van der Waals surface area contributed by atoms with E-state index in [-0.39, 0.29) is 16.7 Å². The Morgan fingerprint density at radius 1 is 0.364 bits per heavy atom. The van der Waals surface area contributed by atoms with Gasteiger partial charge in [0.05, 0.1) is 50.6 Å². The second kappa shape index (κ2) is 15.4. The lowest BCUT2D eigenvalue weighted by atomic mass is 9.97. The number of hydrogen-bond acceptors (Lipinski definition) is 9. The van der Waals surface area contributed by atoms with Crippen LogP contribution in [-0.4, -0.2) is 49.0 Å². The number of nitriles is 1. The van der Waals surface area contributed by atoms with E-state index in [4.69, 9.17) is 0 Å². The molecule has 66 heavy (non-hydrogen) atoms. The molecule has 0 spiro atoms. The summed E-state index contributed by atoms with van der Waals surface area (Å²) in [5.74, 6) is 0.565. The SMILES string of the molecule is N#Cc1cc(-n2c3ccc(-c4ncccn4)cc3c3cc(-c4ncccn4)ccc32)c(-c2c(F)cccc2F)c(-n2c3ccc(-c4ncccn4)cc3c3cc(-c4ncccn4)ccc32)c1. The molecule has 0 amide bonds. The van der Waals surface area contributed by atoms with Gasteiger partial charge in [0.15, 0.2) is 23.3 Å². The fourth-order valence-corrected chi connectivity index (χ4v) is 8.94. The van der Waals surface area contributed by atoms with Crippen LogP contribution in [0.2, 0.25) is 0 Å². The van der Waals surface area contributed by atoms with E-state index in [9.17, 15) is 5.26 Å². The van der Waals surface area contributed by atoms with E-state index in [1.807, 2.05) is 81.9 Å². The Labute approximate surface area is 373 Å². The second-order valence-corrected chi connectivity index (χ2v) is 15.5. The molecule has 310 valence electrons. The van der Waals surface area contributed by atoms with Crippen LogP contribution >= 0.6 is 0 Å². The maximum absolute atomic E-state index is 16.8. The van der Waals surface area contributed by atoms with Crippen LogP contribution in [0.15, 0.2) is 177 Å². The first-order chi connectivity index (χ1) is 32.5. The van der Waals surface area contributed by atoms with Crippen LogP contribution < -0.4 is 0 Å². The highest BCUT2D eigenvalue weighted by atomic mass is 19.1. The molecule has 12 rings (SSSR count). The Bertz CT molecular complexity index is 3470. The molecule has 12 aromatic rings. The molecule has 0 saturated heterocycles. The van der Waals surface area contributed by atoms with Crippen LogP contribution in [0.4, 0.5) is 8.78 Å². The first kappa shape index (κ1) is 38.3. The van der Waals surface area contributed by atoms with Gasteiger partial charge in [-0.3, -0.25) is 0 Å². The Kier molecular flexibility index (Phi) is 8.95. The van der Waals surface area contributed by atoms with Crippen LogP contribution in [-0.2, 0) is 0 Å². The van der Waals surface area contributed by atoms with Crippen LogP contribution in [0.1, 0.15) is 5.56 Å². The summed E-state index contributed by atoms with van der Waals surface area (Å²) in [5.41, 5.74) is 6.85. The van der Waals surface area contributed by atoms with E-state index < -0.39 is 11.6 Å².